The predicted octanol–water partition coefficient (Wildman–Crippen LogP) is 3.97. The van der Waals surface area contributed by atoms with Crippen LogP contribution in [0.2, 0.25) is 0 Å². The highest BCUT2D eigenvalue weighted by atomic mass is 16.1. The summed E-state index contributed by atoms with van der Waals surface area (Å²) in [6.45, 7) is 6.54. The van der Waals surface area contributed by atoms with Gasteiger partial charge in [-0.2, -0.15) is 0 Å². The van der Waals surface area contributed by atoms with Crippen LogP contribution in [0, 0.1) is 11.3 Å². The Bertz CT molecular complexity index is 340. The van der Waals surface area contributed by atoms with E-state index in [9.17, 15) is 4.79 Å². The van der Waals surface area contributed by atoms with E-state index in [-0.39, 0.29) is 5.41 Å². The third-order valence-corrected chi connectivity index (χ3v) is 6.22. The fourth-order valence-corrected chi connectivity index (χ4v) is 4.68. The molecule has 0 aromatic heterocycles. The molecule has 0 heterocycles. The second-order valence-electron chi connectivity index (χ2n) is 8.74. The number of unbranched alkanes of at least 4 members (excludes halogenated alkanes) is 2. The van der Waals surface area contributed by atoms with Gasteiger partial charge < -0.3 is 10.2 Å². The van der Waals surface area contributed by atoms with Crippen molar-refractivity contribution in [3.8, 4) is 0 Å². The Morgan fingerprint density at radius 1 is 1.00 bits per heavy atom. The summed E-state index contributed by atoms with van der Waals surface area (Å²) >= 11 is 0. The Kier molecular flexibility index (Phi) is 11.4. The molecule has 0 aliphatic heterocycles. The van der Waals surface area contributed by atoms with Gasteiger partial charge in [0.15, 0.2) is 0 Å². The quantitative estimate of drug-likeness (QED) is 0.483. The zero-order valence-corrected chi connectivity index (χ0v) is 17.6. The van der Waals surface area contributed by atoms with E-state index in [1.807, 2.05) is 0 Å². The molecule has 0 saturated heterocycles. The molecule has 0 aromatic carbocycles. The molecule has 2 N–H and O–H groups in total. The van der Waals surface area contributed by atoms with Crippen LogP contribution < -0.4 is 10.2 Å². The topological polar surface area (TPSA) is 33.5 Å². The molecule has 0 radical (unpaired) electrons. The van der Waals surface area contributed by atoms with Gasteiger partial charge in [0.25, 0.3) is 0 Å². The molecular weight excluding hydrogens is 308 g/mol. The zero-order chi connectivity index (χ0) is 18.5. The molecule has 1 aliphatic carbocycles. The van der Waals surface area contributed by atoms with Gasteiger partial charge in [-0.1, -0.05) is 58.8 Å². The van der Waals surface area contributed by atoms with E-state index in [1.54, 1.807) is 0 Å². The van der Waals surface area contributed by atoms with Crippen LogP contribution in [0.3, 0.4) is 0 Å². The molecule has 25 heavy (non-hydrogen) atoms. The van der Waals surface area contributed by atoms with E-state index in [0.29, 0.717) is 5.91 Å². The number of carbonyl (C=O) groups excluding carboxylic acids is 1. The van der Waals surface area contributed by atoms with Crippen molar-refractivity contribution in [2.75, 3.05) is 27.2 Å². The first-order chi connectivity index (χ1) is 12.0. The number of amides is 1. The van der Waals surface area contributed by atoms with Crippen LogP contribution in [0.25, 0.3) is 0 Å². The zero-order valence-electron chi connectivity index (χ0n) is 17.6. The van der Waals surface area contributed by atoms with Crippen LogP contribution in [0.1, 0.15) is 97.3 Å². The summed E-state index contributed by atoms with van der Waals surface area (Å²) in [7, 11) is 4.34. The van der Waals surface area contributed by atoms with Gasteiger partial charge in [0, 0.05) is 19.4 Å². The fraction of sp³-hybridized carbons (Fsp3) is 0.955. The van der Waals surface area contributed by atoms with Gasteiger partial charge in [0.2, 0.25) is 5.91 Å². The van der Waals surface area contributed by atoms with Crippen molar-refractivity contribution in [2.24, 2.45) is 11.3 Å². The Hall–Kier alpha value is -0.570. The first kappa shape index (κ1) is 22.5. The lowest BCUT2D eigenvalue weighted by molar-refractivity contribution is -0.858. The average molecular weight is 354 g/mol. The number of quaternary nitrogens is 1. The van der Waals surface area contributed by atoms with Crippen molar-refractivity contribution in [2.45, 2.75) is 97.3 Å². The molecule has 0 spiro atoms. The molecule has 0 aromatic rings. The minimum atomic E-state index is 0.267. The third-order valence-electron chi connectivity index (χ3n) is 6.22. The van der Waals surface area contributed by atoms with E-state index in [1.165, 1.54) is 75.5 Å². The van der Waals surface area contributed by atoms with Crippen molar-refractivity contribution >= 4 is 5.91 Å². The first-order valence-electron chi connectivity index (χ1n) is 11.1. The van der Waals surface area contributed by atoms with Crippen molar-refractivity contribution in [1.82, 2.24) is 5.32 Å². The molecule has 1 aliphatic rings. The Morgan fingerprint density at radius 2 is 1.60 bits per heavy atom. The van der Waals surface area contributed by atoms with E-state index in [4.69, 9.17) is 0 Å². The molecule has 3 nitrogen and oxygen atoms in total. The van der Waals surface area contributed by atoms with Gasteiger partial charge in [-0.15, -0.1) is 0 Å². The van der Waals surface area contributed by atoms with Crippen molar-refractivity contribution < 1.29 is 9.69 Å². The maximum Gasteiger partial charge on any atom is 0.220 e. The highest BCUT2D eigenvalue weighted by Crippen LogP contribution is 2.48. The van der Waals surface area contributed by atoms with Crippen LogP contribution in [0.4, 0.5) is 0 Å². The first-order valence-corrected chi connectivity index (χ1v) is 11.1. The lowest BCUT2D eigenvalue weighted by Gasteiger charge is -2.43. The highest BCUT2D eigenvalue weighted by molar-refractivity contribution is 5.76. The normalized spacial score (nSPS) is 16.4. The fourth-order valence-electron chi connectivity index (χ4n) is 4.68. The van der Waals surface area contributed by atoms with E-state index in [0.717, 1.165) is 31.8 Å². The Labute approximate surface area is 157 Å². The Morgan fingerprint density at radius 3 is 2.12 bits per heavy atom. The van der Waals surface area contributed by atoms with E-state index in [2.05, 4.69) is 33.3 Å². The molecule has 1 fully saturated rings. The Balaban J connectivity index is 2.70. The van der Waals surface area contributed by atoms with Gasteiger partial charge >= 0.3 is 0 Å². The standard InChI is InChI=1S/C22H44N2O/c1-5-7-15-22(16-8-6-2,20-13-10-9-11-14-20)19-21(25)23-17-12-18-24(3)4/h20H,5-19H2,1-4H3,(H,23,25)/p+1. The van der Waals surface area contributed by atoms with Crippen LogP contribution in [-0.4, -0.2) is 33.1 Å². The highest BCUT2D eigenvalue weighted by Gasteiger charge is 2.39. The van der Waals surface area contributed by atoms with Crippen molar-refractivity contribution in [3.05, 3.63) is 0 Å². The van der Waals surface area contributed by atoms with Crippen molar-refractivity contribution in [1.29, 1.82) is 0 Å². The third kappa shape index (κ3) is 8.57. The summed E-state index contributed by atoms with van der Waals surface area (Å²) in [4.78, 5) is 14.2. The van der Waals surface area contributed by atoms with Gasteiger partial charge in [0.05, 0.1) is 20.6 Å². The summed E-state index contributed by atoms with van der Waals surface area (Å²) in [6.07, 6.45) is 16.2. The van der Waals surface area contributed by atoms with E-state index < -0.39 is 0 Å². The van der Waals surface area contributed by atoms with Gasteiger partial charge in [-0.25, -0.2) is 0 Å². The molecule has 3 heteroatoms. The summed E-state index contributed by atoms with van der Waals surface area (Å²) in [6, 6.07) is 0. The molecule has 1 rings (SSSR count). The van der Waals surface area contributed by atoms with Crippen LogP contribution in [-0.2, 0) is 4.79 Å². The predicted molar refractivity (Wildman–Crippen MR) is 108 cm³/mol. The summed E-state index contributed by atoms with van der Waals surface area (Å²) in [5.41, 5.74) is 0.267. The molecule has 0 atom stereocenters. The van der Waals surface area contributed by atoms with Crippen molar-refractivity contribution in [3.63, 3.8) is 0 Å². The van der Waals surface area contributed by atoms with Gasteiger partial charge in [0.1, 0.15) is 0 Å². The van der Waals surface area contributed by atoms with E-state index >= 15 is 0 Å². The maximum absolute atomic E-state index is 12.8. The smallest absolute Gasteiger partial charge is 0.220 e. The molecule has 1 saturated carbocycles. The molecule has 0 unspecified atom stereocenters. The molecule has 0 bridgehead atoms. The van der Waals surface area contributed by atoms with Crippen LogP contribution >= 0.6 is 0 Å². The second kappa shape index (κ2) is 12.7. The lowest BCUT2D eigenvalue weighted by Crippen LogP contribution is -3.05. The van der Waals surface area contributed by atoms with Crippen LogP contribution in [0.15, 0.2) is 0 Å². The summed E-state index contributed by atoms with van der Waals surface area (Å²) in [5.74, 6) is 1.09. The number of hydrogen-bond acceptors (Lipinski definition) is 1. The molecule has 1 amide bonds. The number of nitrogens with one attached hydrogen (secondary N) is 2. The maximum atomic E-state index is 12.8. The lowest BCUT2D eigenvalue weighted by atomic mass is 9.62. The number of hydrogen-bond donors (Lipinski definition) is 2. The minimum absolute atomic E-state index is 0.267. The largest absolute Gasteiger partial charge is 0.356 e. The molecular formula is C22H45N2O+. The van der Waals surface area contributed by atoms with Crippen LogP contribution in [0.5, 0.6) is 0 Å². The summed E-state index contributed by atoms with van der Waals surface area (Å²) < 4.78 is 0. The SMILES string of the molecule is CCCCC(CCCC)(CC(=O)NCCC[NH+](C)C)C1CCCCC1. The minimum Gasteiger partial charge on any atom is -0.356 e. The average Bonchev–Trinajstić information content (AvgIpc) is 2.61. The summed E-state index contributed by atoms with van der Waals surface area (Å²) in [5, 5.41) is 3.23. The number of rotatable bonds is 13. The monoisotopic (exact) mass is 353 g/mol. The molecule has 148 valence electrons. The van der Waals surface area contributed by atoms with Gasteiger partial charge in [-0.05, 0) is 37.0 Å². The second-order valence-corrected chi connectivity index (χ2v) is 8.74. The van der Waals surface area contributed by atoms with Gasteiger partial charge in [-0.3, -0.25) is 4.79 Å². The number of carbonyl (C=O) groups is 1.